The van der Waals surface area contributed by atoms with E-state index in [-0.39, 0.29) is 18.0 Å². The van der Waals surface area contributed by atoms with Gasteiger partial charge in [-0.1, -0.05) is 28.5 Å². The lowest BCUT2D eigenvalue weighted by molar-refractivity contribution is -0.142. The molecule has 0 saturated carbocycles. The zero-order valence-electron chi connectivity index (χ0n) is 12.0. The molecule has 0 aromatic heterocycles. The number of hydrogen-bond donors (Lipinski definition) is 0. The Labute approximate surface area is 126 Å². The summed E-state index contributed by atoms with van der Waals surface area (Å²) < 4.78 is 0. The highest BCUT2D eigenvalue weighted by Gasteiger charge is 2.36. The molecule has 22 heavy (non-hydrogen) atoms. The molecule has 0 atom stereocenters. The standard InChI is InChI=1S/C14H13N3O5/c1-9(18)21-15-12-8-17(11-6-4-3-5-7-11)14(20)13(12)16-22-10(2)19/h3-7H,8H2,1-2H3. The van der Waals surface area contributed by atoms with Crippen molar-refractivity contribution < 1.29 is 24.1 Å². The number of para-hydroxylation sites is 1. The summed E-state index contributed by atoms with van der Waals surface area (Å²) in [7, 11) is 0. The Morgan fingerprint density at radius 2 is 1.64 bits per heavy atom. The normalized spacial score (nSPS) is 17.9. The third kappa shape index (κ3) is 3.54. The van der Waals surface area contributed by atoms with Crippen LogP contribution in [-0.2, 0) is 24.1 Å². The van der Waals surface area contributed by atoms with Crippen molar-refractivity contribution in [3.8, 4) is 0 Å². The van der Waals surface area contributed by atoms with Gasteiger partial charge in [0.2, 0.25) is 0 Å². The molecule has 1 saturated heterocycles. The molecule has 0 radical (unpaired) electrons. The number of carbonyl (C=O) groups is 3. The number of benzene rings is 1. The van der Waals surface area contributed by atoms with E-state index in [0.29, 0.717) is 5.69 Å². The fourth-order valence-corrected chi connectivity index (χ4v) is 1.76. The Morgan fingerprint density at radius 3 is 2.23 bits per heavy atom. The summed E-state index contributed by atoms with van der Waals surface area (Å²) in [4.78, 5) is 44.5. The molecule has 0 aliphatic carbocycles. The van der Waals surface area contributed by atoms with E-state index in [0.717, 1.165) is 6.92 Å². The number of anilines is 1. The number of hydrogen-bond acceptors (Lipinski definition) is 7. The lowest BCUT2D eigenvalue weighted by Gasteiger charge is -2.13. The molecule has 0 unspecified atom stereocenters. The van der Waals surface area contributed by atoms with Crippen molar-refractivity contribution in [3.05, 3.63) is 30.3 Å². The van der Waals surface area contributed by atoms with Gasteiger partial charge in [0.15, 0.2) is 5.71 Å². The largest absolute Gasteiger partial charge is 0.332 e. The van der Waals surface area contributed by atoms with Gasteiger partial charge in [0.25, 0.3) is 5.91 Å². The highest BCUT2D eigenvalue weighted by molar-refractivity contribution is 6.73. The van der Waals surface area contributed by atoms with E-state index >= 15 is 0 Å². The van der Waals surface area contributed by atoms with E-state index in [9.17, 15) is 14.4 Å². The van der Waals surface area contributed by atoms with Crippen molar-refractivity contribution in [3.63, 3.8) is 0 Å². The SMILES string of the molecule is CC(=O)ON=C1CN(c2ccccc2)C(=O)C1=NOC(C)=O. The predicted octanol–water partition coefficient (Wildman–Crippen LogP) is 0.871. The first kappa shape index (κ1) is 15.4. The molecule has 0 bridgehead atoms. The average molecular weight is 303 g/mol. The zero-order chi connectivity index (χ0) is 16.1. The Bertz CT molecular complexity index is 666. The molecule has 8 nitrogen and oxygen atoms in total. The second kappa shape index (κ2) is 6.61. The van der Waals surface area contributed by atoms with Crippen LogP contribution in [0.15, 0.2) is 40.6 Å². The van der Waals surface area contributed by atoms with Gasteiger partial charge < -0.3 is 14.6 Å². The van der Waals surface area contributed by atoms with Crippen LogP contribution >= 0.6 is 0 Å². The third-order valence-electron chi connectivity index (χ3n) is 2.65. The van der Waals surface area contributed by atoms with Gasteiger partial charge in [0.05, 0.1) is 6.54 Å². The van der Waals surface area contributed by atoms with Gasteiger partial charge in [-0.05, 0) is 12.1 Å². The summed E-state index contributed by atoms with van der Waals surface area (Å²) in [5, 5.41) is 7.08. The van der Waals surface area contributed by atoms with Gasteiger partial charge in [-0.3, -0.25) is 4.79 Å². The minimum Gasteiger partial charge on any atom is -0.318 e. The Balaban J connectivity index is 2.33. The smallest absolute Gasteiger partial charge is 0.318 e. The quantitative estimate of drug-likeness (QED) is 0.609. The highest BCUT2D eigenvalue weighted by atomic mass is 16.7. The minimum absolute atomic E-state index is 0.0518. The number of nitrogens with zero attached hydrogens (tertiary/aromatic N) is 3. The fourth-order valence-electron chi connectivity index (χ4n) is 1.76. The molecule has 1 fully saturated rings. The molecular weight excluding hydrogens is 290 g/mol. The lowest BCUT2D eigenvalue weighted by Crippen LogP contribution is -2.27. The van der Waals surface area contributed by atoms with Gasteiger partial charge >= 0.3 is 11.9 Å². The Kier molecular flexibility index (Phi) is 4.62. The summed E-state index contributed by atoms with van der Waals surface area (Å²) in [6.45, 7) is 2.39. The molecule has 0 N–H and O–H groups in total. The maximum Gasteiger partial charge on any atom is 0.332 e. The molecule has 8 heteroatoms. The van der Waals surface area contributed by atoms with Gasteiger partial charge in [0.1, 0.15) is 5.71 Å². The summed E-state index contributed by atoms with van der Waals surface area (Å²) in [5.74, 6) is -1.81. The second-order valence-corrected chi connectivity index (χ2v) is 4.37. The van der Waals surface area contributed by atoms with Crippen LogP contribution in [0.3, 0.4) is 0 Å². The highest BCUT2D eigenvalue weighted by Crippen LogP contribution is 2.19. The zero-order valence-corrected chi connectivity index (χ0v) is 12.0. The minimum atomic E-state index is -0.676. The summed E-state index contributed by atoms with van der Waals surface area (Å²) in [6, 6.07) is 8.82. The Hall–Kier alpha value is -3.03. The van der Waals surface area contributed by atoms with Crippen molar-refractivity contribution >= 4 is 35.0 Å². The van der Waals surface area contributed by atoms with Crippen molar-refractivity contribution in [1.82, 2.24) is 0 Å². The summed E-state index contributed by atoms with van der Waals surface area (Å²) >= 11 is 0. The van der Waals surface area contributed by atoms with Crippen molar-refractivity contribution in [2.45, 2.75) is 13.8 Å². The molecule has 0 spiro atoms. The molecule has 1 aliphatic heterocycles. The molecular formula is C14H13N3O5. The first-order valence-corrected chi connectivity index (χ1v) is 6.36. The van der Waals surface area contributed by atoms with Crippen molar-refractivity contribution in [2.75, 3.05) is 11.4 Å². The maximum absolute atomic E-state index is 12.4. The van der Waals surface area contributed by atoms with Crippen molar-refractivity contribution in [1.29, 1.82) is 0 Å². The second-order valence-electron chi connectivity index (χ2n) is 4.37. The first-order valence-electron chi connectivity index (χ1n) is 6.36. The molecule has 1 amide bonds. The van der Waals surface area contributed by atoms with Gasteiger partial charge in [-0.15, -0.1) is 0 Å². The molecule has 1 aromatic rings. The molecule has 1 aliphatic rings. The molecule has 114 valence electrons. The molecule has 1 aromatic carbocycles. The van der Waals surface area contributed by atoms with Crippen LogP contribution < -0.4 is 4.90 Å². The van der Waals surface area contributed by atoms with Gasteiger partial charge in [-0.2, -0.15) is 0 Å². The van der Waals surface area contributed by atoms with Crippen LogP contribution in [0.1, 0.15) is 13.8 Å². The Morgan fingerprint density at radius 1 is 1.05 bits per heavy atom. The number of amides is 1. The number of oxime groups is 2. The maximum atomic E-state index is 12.4. The topological polar surface area (TPSA) is 97.6 Å². The van der Waals surface area contributed by atoms with E-state index in [2.05, 4.69) is 20.0 Å². The van der Waals surface area contributed by atoms with E-state index in [1.807, 2.05) is 6.07 Å². The van der Waals surface area contributed by atoms with Crippen LogP contribution in [-0.4, -0.2) is 35.8 Å². The van der Waals surface area contributed by atoms with Crippen LogP contribution in [0.5, 0.6) is 0 Å². The monoisotopic (exact) mass is 303 g/mol. The number of carbonyl (C=O) groups excluding carboxylic acids is 3. The van der Waals surface area contributed by atoms with E-state index in [1.165, 1.54) is 11.8 Å². The van der Waals surface area contributed by atoms with E-state index in [4.69, 9.17) is 0 Å². The average Bonchev–Trinajstić information content (AvgIpc) is 2.80. The van der Waals surface area contributed by atoms with Crippen LogP contribution in [0.2, 0.25) is 0 Å². The van der Waals surface area contributed by atoms with Crippen LogP contribution in [0.4, 0.5) is 5.69 Å². The summed E-state index contributed by atoms with van der Waals surface area (Å²) in [5.41, 5.74) is 0.543. The molecule has 1 heterocycles. The predicted molar refractivity (Wildman–Crippen MR) is 77.2 cm³/mol. The first-order chi connectivity index (χ1) is 10.5. The molecule has 2 rings (SSSR count). The van der Waals surface area contributed by atoms with Crippen LogP contribution in [0.25, 0.3) is 0 Å². The van der Waals surface area contributed by atoms with Gasteiger partial charge in [0, 0.05) is 19.5 Å². The van der Waals surface area contributed by atoms with E-state index < -0.39 is 17.8 Å². The third-order valence-corrected chi connectivity index (χ3v) is 2.65. The summed E-state index contributed by atoms with van der Waals surface area (Å²) in [6.07, 6.45) is 0. The number of rotatable bonds is 3. The van der Waals surface area contributed by atoms with Crippen LogP contribution in [0, 0.1) is 0 Å². The fraction of sp³-hybridized carbons (Fsp3) is 0.214. The lowest BCUT2D eigenvalue weighted by atomic mass is 10.3. The van der Waals surface area contributed by atoms with E-state index in [1.54, 1.807) is 24.3 Å². The van der Waals surface area contributed by atoms with Crippen molar-refractivity contribution in [2.24, 2.45) is 10.3 Å². The van der Waals surface area contributed by atoms with Gasteiger partial charge in [-0.25, -0.2) is 9.59 Å².